The van der Waals surface area contributed by atoms with Crippen LogP contribution in [0.4, 0.5) is 10.1 Å². The maximum absolute atomic E-state index is 13.5. The number of benzene rings is 1. The van der Waals surface area contributed by atoms with Crippen LogP contribution in [0.3, 0.4) is 0 Å². The van der Waals surface area contributed by atoms with Gasteiger partial charge in [0, 0.05) is 31.6 Å². The lowest BCUT2D eigenvalue weighted by molar-refractivity contribution is 0.0702. The van der Waals surface area contributed by atoms with Gasteiger partial charge in [-0.2, -0.15) is 0 Å². The van der Waals surface area contributed by atoms with E-state index in [1.165, 1.54) is 36.2 Å². The van der Waals surface area contributed by atoms with Gasteiger partial charge in [-0.3, -0.25) is 19.0 Å². The largest absolute Gasteiger partial charge is 0.501 e. The number of halogens is 2. The van der Waals surface area contributed by atoms with Gasteiger partial charge in [-0.1, -0.05) is 16.8 Å². The smallest absolute Gasteiger partial charge is 0.296 e. The highest BCUT2D eigenvalue weighted by Gasteiger charge is 2.30. The van der Waals surface area contributed by atoms with Gasteiger partial charge >= 0.3 is 0 Å². The van der Waals surface area contributed by atoms with Crippen LogP contribution in [-0.2, 0) is 7.05 Å². The highest BCUT2D eigenvalue weighted by atomic mass is 35.5. The van der Waals surface area contributed by atoms with Crippen molar-refractivity contribution < 1.29 is 23.6 Å². The molecule has 0 saturated carbocycles. The Hall–Kier alpha value is -3.73. The SMILES string of the molecule is Cn1c(C2CCCN(C(=O)c3ccc(F)c(Cl)c3)C2)nc(C(=O)Nc2cnoc2)c(O)c1=O. The molecular formula is C21H19ClFN5O5. The molecule has 2 amide bonds. The highest BCUT2D eigenvalue weighted by molar-refractivity contribution is 6.31. The van der Waals surface area contributed by atoms with Crippen LogP contribution in [0.2, 0.25) is 5.02 Å². The van der Waals surface area contributed by atoms with Crippen LogP contribution in [0.1, 0.15) is 45.4 Å². The van der Waals surface area contributed by atoms with Gasteiger partial charge in [0.2, 0.25) is 5.75 Å². The van der Waals surface area contributed by atoms with Gasteiger partial charge in [-0.25, -0.2) is 9.37 Å². The monoisotopic (exact) mass is 475 g/mol. The van der Waals surface area contributed by atoms with Crippen molar-refractivity contribution in [3.05, 3.63) is 68.9 Å². The van der Waals surface area contributed by atoms with E-state index >= 15 is 0 Å². The minimum atomic E-state index is -0.806. The molecule has 3 aromatic rings. The number of amides is 2. The van der Waals surface area contributed by atoms with Crippen LogP contribution >= 0.6 is 11.6 Å². The molecule has 1 aliphatic heterocycles. The highest BCUT2D eigenvalue weighted by Crippen LogP contribution is 2.28. The topological polar surface area (TPSA) is 131 Å². The van der Waals surface area contributed by atoms with Gasteiger partial charge < -0.3 is 19.8 Å². The standard InChI is InChI=1S/C21H19ClFN5O5/c1-27-18(26-16(17(29)21(27)32)19(30)25-13-8-24-33-10-13)12-3-2-6-28(9-12)20(31)11-4-5-15(23)14(22)7-11/h4-5,7-8,10,12,29H,2-3,6,9H2,1H3,(H,25,30). The number of hydrogen-bond donors (Lipinski definition) is 2. The Morgan fingerprint density at radius 1 is 1.36 bits per heavy atom. The molecule has 1 unspecified atom stereocenters. The third kappa shape index (κ3) is 4.44. The van der Waals surface area contributed by atoms with Gasteiger partial charge in [0.05, 0.1) is 11.2 Å². The summed E-state index contributed by atoms with van der Waals surface area (Å²) >= 11 is 5.81. The first-order chi connectivity index (χ1) is 15.8. The molecule has 0 bridgehead atoms. The lowest BCUT2D eigenvalue weighted by Gasteiger charge is -2.33. The molecule has 1 aliphatic rings. The number of piperidine rings is 1. The summed E-state index contributed by atoms with van der Waals surface area (Å²) < 4.78 is 19.3. The summed E-state index contributed by atoms with van der Waals surface area (Å²) in [5, 5.41) is 16.0. The van der Waals surface area contributed by atoms with E-state index in [1.54, 1.807) is 4.90 Å². The molecule has 10 nitrogen and oxygen atoms in total. The van der Waals surface area contributed by atoms with Crippen LogP contribution in [0.5, 0.6) is 5.75 Å². The number of nitrogens with zero attached hydrogens (tertiary/aromatic N) is 4. The summed E-state index contributed by atoms with van der Waals surface area (Å²) in [7, 11) is 1.44. The third-order valence-corrected chi connectivity index (χ3v) is 5.74. The first-order valence-electron chi connectivity index (χ1n) is 10.0. The lowest BCUT2D eigenvalue weighted by Crippen LogP contribution is -2.41. The third-order valence-electron chi connectivity index (χ3n) is 5.45. The van der Waals surface area contributed by atoms with Crippen LogP contribution in [-0.4, -0.2) is 49.6 Å². The molecule has 33 heavy (non-hydrogen) atoms. The van der Waals surface area contributed by atoms with Crippen molar-refractivity contribution in [2.75, 3.05) is 18.4 Å². The van der Waals surface area contributed by atoms with Gasteiger partial charge in [0.25, 0.3) is 17.4 Å². The number of carbonyl (C=O) groups is 2. The predicted molar refractivity (Wildman–Crippen MR) is 115 cm³/mol. The maximum Gasteiger partial charge on any atom is 0.296 e. The van der Waals surface area contributed by atoms with Crippen LogP contribution in [0.15, 0.2) is 40.0 Å². The van der Waals surface area contributed by atoms with Crippen molar-refractivity contribution in [3.63, 3.8) is 0 Å². The molecule has 2 N–H and O–H groups in total. The summed E-state index contributed by atoms with van der Waals surface area (Å²) in [6.07, 6.45) is 3.66. The van der Waals surface area contributed by atoms with E-state index in [-0.39, 0.29) is 40.5 Å². The zero-order chi connectivity index (χ0) is 23.7. The van der Waals surface area contributed by atoms with E-state index in [9.17, 15) is 23.9 Å². The van der Waals surface area contributed by atoms with Crippen molar-refractivity contribution in [3.8, 4) is 5.75 Å². The number of rotatable bonds is 4. The fraction of sp³-hybridized carbons (Fsp3) is 0.286. The van der Waals surface area contributed by atoms with E-state index in [0.29, 0.717) is 19.4 Å². The van der Waals surface area contributed by atoms with Crippen LogP contribution in [0.25, 0.3) is 0 Å². The van der Waals surface area contributed by atoms with Crippen molar-refractivity contribution >= 4 is 29.1 Å². The Morgan fingerprint density at radius 3 is 2.85 bits per heavy atom. The van der Waals surface area contributed by atoms with Crippen molar-refractivity contribution in [2.45, 2.75) is 18.8 Å². The van der Waals surface area contributed by atoms with Gasteiger partial charge in [0.1, 0.15) is 23.6 Å². The summed E-state index contributed by atoms with van der Waals surface area (Å²) in [4.78, 5) is 44.0. The molecule has 0 radical (unpaired) electrons. The second-order valence-electron chi connectivity index (χ2n) is 7.62. The fourth-order valence-corrected chi connectivity index (χ4v) is 3.95. The van der Waals surface area contributed by atoms with Gasteiger partial charge in [0.15, 0.2) is 5.69 Å². The number of carbonyl (C=O) groups excluding carboxylic acids is 2. The molecule has 2 aromatic heterocycles. The molecule has 3 heterocycles. The molecule has 1 saturated heterocycles. The molecule has 1 atom stereocenters. The second-order valence-corrected chi connectivity index (χ2v) is 8.03. The van der Waals surface area contributed by atoms with Gasteiger partial charge in [-0.15, -0.1) is 0 Å². The molecule has 4 rings (SSSR count). The van der Waals surface area contributed by atoms with E-state index < -0.39 is 28.7 Å². The minimum Gasteiger partial charge on any atom is -0.501 e. The normalized spacial score (nSPS) is 16.0. The number of aromatic nitrogens is 3. The minimum absolute atomic E-state index is 0.152. The molecule has 12 heteroatoms. The Kier molecular flexibility index (Phi) is 6.14. The number of aromatic hydroxyl groups is 1. The molecule has 172 valence electrons. The predicted octanol–water partition coefficient (Wildman–Crippen LogP) is 2.54. The molecule has 1 fully saturated rings. The first kappa shape index (κ1) is 22.5. The summed E-state index contributed by atoms with van der Waals surface area (Å²) in [6.45, 7) is 0.669. The summed E-state index contributed by atoms with van der Waals surface area (Å²) in [5.41, 5.74) is -0.758. The van der Waals surface area contributed by atoms with Crippen LogP contribution in [0, 0.1) is 5.82 Å². The fourth-order valence-electron chi connectivity index (χ4n) is 3.77. The molecular weight excluding hydrogens is 457 g/mol. The molecule has 1 aromatic carbocycles. The first-order valence-corrected chi connectivity index (χ1v) is 10.4. The quantitative estimate of drug-likeness (QED) is 0.592. The number of anilines is 1. The zero-order valence-corrected chi connectivity index (χ0v) is 18.2. The van der Waals surface area contributed by atoms with E-state index in [2.05, 4.69) is 20.0 Å². The van der Waals surface area contributed by atoms with E-state index in [1.807, 2.05) is 0 Å². The van der Waals surface area contributed by atoms with Crippen molar-refractivity contribution in [2.24, 2.45) is 7.05 Å². The average molecular weight is 476 g/mol. The van der Waals surface area contributed by atoms with Crippen molar-refractivity contribution in [1.29, 1.82) is 0 Å². The lowest BCUT2D eigenvalue weighted by atomic mass is 9.96. The Balaban J connectivity index is 1.61. The number of hydrogen-bond acceptors (Lipinski definition) is 7. The number of likely N-dealkylation sites (tertiary alicyclic amines) is 1. The zero-order valence-electron chi connectivity index (χ0n) is 17.4. The van der Waals surface area contributed by atoms with Crippen LogP contribution < -0.4 is 10.9 Å². The van der Waals surface area contributed by atoms with E-state index in [4.69, 9.17) is 11.6 Å². The van der Waals surface area contributed by atoms with E-state index in [0.717, 1.165) is 6.07 Å². The second kappa shape index (κ2) is 9.02. The average Bonchev–Trinajstić information content (AvgIpc) is 3.32. The number of nitrogens with one attached hydrogen (secondary N) is 1. The Bertz CT molecular complexity index is 1280. The summed E-state index contributed by atoms with van der Waals surface area (Å²) in [5.74, 6) is -2.68. The van der Waals surface area contributed by atoms with Crippen molar-refractivity contribution in [1.82, 2.24) is 19.6 Å². The Labute approximate surface area is 191 Å². The maximum atomic E-state index is 13.5. The molecule has 0 aliphatic carbocycles. The molecule has 0 spiro atoms. The Morgan fingerprint density at radius 2 is 2.15 bits per heavy atom. The van der Waals surface area contributed by atoms with Gasteiger partial charge in [-0.05, 0) is 31.0 Å². The summed E-state index contributed by atoms with van der Waals surface area (Å²) in [6, 6.07) is 3.75.